The Hall–Kier alpha value is -1.62. The Morgan fingerprint density at radius 3 is 2.91 bits per heavy atom. The Balaban J connectivity index is 2.12. The standard InChI is InChI=1S/C16H20ClFN2O2/c1-2-5-15(21)20-9-4-3-6-14(20)16(22)19-13-10-11(18)7-8-12(13)17/h7-8,10,14H,2-6,9H2,1H3,(H,19,22). The summed E-state index contributed by atoms with van der Waals surface area (Å²) in [5.41, 5.74) is 0.236. The van der Waals surface area contributed by atoms with Crippen molar-refractivity contribution in [2.45, 2.75) is 45.1 Å². The van der Waals surface area contributed by atoms with Crippen LogP contribution in [0.2, 0.25) is 5.02 Å². The maximum Gasteiger partial charge on any atom is 0.247 e. The summed E-state index contributed by atoms with van der Waals surface area (Å²) < 4.78 is 13.3. The quantitative estimate of drug-likeness (QED) is 0.919. The Bertz CT molecular complexity index is 565. The molecule has 1 saturated heterocycles. The molecule has 0 spiro atoms. The van der Waals surface area contributed by atoms with Crippen molar-refractivity contribution in [1.82, 2.24) is 4.90 Å². The number of halogens is 2. The molecule has 1 atom stereocenters. The van der Waals surface area contributed by atoms with E-state index in [1.165, 1.54) is 18.2 Å². The molecule has 0 aliphatic carbocycles. The topological polar surface area (TPSA) is 49.4 Å². The van der Waals surface area contributed by atoms with Gasteiger partial charge in [-0.3, -0.25) is 9.59 Å². The fourth-order valence-corrected chi connectivity index (χ4v) is 2.83. The average molecular weight is 327 g/mol. The van der Waals surface area contributed by atoms with Crippen molar-refractivity contribution < 1.29 is 14.0 Å². The van der Waals surface area contributed by atoms with Gasteiger partial charge in [0.2, 0.25) is 11.8 Å². The number of nitrogens with zero attached hydrogens (tertiary/aromatic N) is 1. The molecule has 22 heavy (non-hydrogen) atoms. The second kappa shape index (κ2) is 7.58. The van der Waals surface area contributed by atoms with Crippen LogP contribution in [-0.2, 0) is 9.59 Å². The molecule has 0 bridgehead atoms. The number of carbonyl (C=O) groups is 2. The Labute approximate surface area is 134 Å². The molecule has 1 aromatic rings. The van der Waals surface area contributed by atoms with Crippen LogP contribution in [0, 0.1) is 5.82 Å². The van der Waals surface area contributed by atoms with Crippen LogP contribution in [0.5, 0.6) is 0 Å². The molecule has 0 radical (unpaired) electrons. The summed E-state index contributed by atoms with van der Waals surface area (Å²) in [4.78, 5) is 26.2. The molecular formula is C16H20ClFN2O2. The van der Waals surface area contributed by atoms with Crippen LogP contribution < -0.4 is 5.32 Å². The van der Waals surface area contributed by atoms with Crippen molar-refractivity contribution in [1.29, 1.82) is 0 Å². The molecule has 1 aliphatic rings. The van der Waals surface area contributed by atoms with E-state index in [9.17, 15) is 14.0 Å². The molecule has 0 aromatic heterocycles. The van der Waals surface area contributed by atoms with E-state index >= 15 is 0 Å². The highest BCUT2D eigenvalue weighted by atomic mass is 35.5. The van der Waals surface area contributed by atoms with Gasteiger partial charge in [-0.1, -0.05) is 18.5 Å². The Kier molecular flexibility index (Phi) is 5.77. The van der Waals surface area contributed by atoms with Crippen molar-refractivity contribution >= 4 is 29.1 Å². The summed E-state index contributed by atoms with van der Waals surface area (Å²) >= 11 is 5.97. The minimum Gasteiger partial charge on any atom is -0.331 e. The number of piperidine rings is 1. The number of amides is 2. The first-order valence-corrected chi connectivity index (χ1v) is 7.96. The summed E-state index contributed by atoms with van der Waals surface area (Å²) in [7, 11) is 0. The van der Waals surface area contributed by atoms with E-state index in [-0.39, 0.29) is 22.5 Å². The zero-order valence-corrected chi connectivity index (χ0v) is 13.3. The SMILES string of the molecule is CCCC(=O)N1CCCCC1C(=O)Nc1cc(F)ccc1Cl. The second-order valence-corrected chi connectivity index (χ2v) is 5.87. The highest BCUT2D eigenvalue weighted by Gasteiger charge is 2.31. The first kappa shape index (κ1) is 16.7. The van der Waals surface area contributed by atoms with Crippen molar-refractivity contribution in [2.75, 3.05) is 11.9 Å². The van der Waals surface area contributed by atoms with E-state index in [2.05, 4.69) is 5.32 Å². The molecule has 1 unspecified atom stereocenters. The van der Waals surface area contributed by atoms with Gasteiger partial charge in [0.05, 0.1) is 10.7 Å². The summed E-state index contributed by atoms with van der Waals surface area (Å²) in [6.07, 6.45) is 3.60. The van der Waals surface area contributed by atoms with Gasteiger partial charge in [-0.2, -0.15) is 0 Å². The Morgan fingerprint density at radius 1 is 1.41 bits per heavy atom. The van der Waals surface area contributed by atoms with Crippen LogP contribution in [0.1, 0.15) is 39.0 Å². The van der Waals surface area contributed by atoms with Gasteiger partial charge in [0.25, 0.3) is 0 Å². The molecule has 120 valence electrons. The molecule has 6 heteroatoms. The number of hydrogen-bond acceptors (Lipinski definition) is 2. The Morgan fingerprint density at radius 2 is 2.18 bits per heavy atom. The van der Waals surface area contributed by atoms with Gasteiger partial charge < -0.3 is 10.2 Å². The van der Waals surface area contributed by atoms with Crippen LogP contribution in [0.15, 0.2) is 18.2 Å². The molecule has 1 aromatic carbocycles. The minimum atomic E-state index is -0.507. The number of likely N-dealkylation sites (tertiary alicyclic amines) is 1. The second-order valence-electron chi connectivity index (χ2n) is 5.46. The first-order valence-electron chi connectivity index (χ1n) is 7.58. The molecular weight excluding hydrogens is 307 g/mol. The van der Waals surface area contributed by atoms with Gasteiger partial charge in [0.1, 0.15) is 11.9 Å². The van der Waals surface area contributed by atoms with E-state index in [4.69, 9.17) is 11.6 Å². The van der Waals surface area contributed by atoms with Crippen molar-refractivity contribution in [3.63, 3.8) is 0 Å². The fourth-order valence-electron chi connectivity index (χ4n) is 2.67. The molecule has 2 amide bonds. The van der Waals surface area contributed by atoms with Crippen LogP contribution in [0.3, 0.4) is 0 Å². The third-order valence-corrected chi connectivity index (χ3v) is 4.11. The lowest BCUT2D eigenvalue weighted by molar-refractivity contribution is -0.140. The molecule has 1 aliphatic heterocycles. The fraction of sp³-hybridized carbons (Fsp3) is 0.500. The molecule has 2 rings (SSSR count). The normalized spacial score (nSPS) is 18.1. The van der Waals surface area contributed by atoms with Gasteiger partial charge in [-0.05, 0) is 43.9 Å². The zero-order valence-electron chi connectivity index (χ0n) is 12.6. The number of benzene rings is 1. The molecule has 1 fully saturated rings. The highest BCUT2D eigenvalue weighted by Crippen LogP contribution is 2.25. The summed E-state index contributed by atoms with van der Waals surface area (Å²) in [5, 5.41) is 2.92. The van der Waals surface area contributed by atoms with Crippen molar-refractivity contribution in [3.05, 3.63) is 29.0 Å². The van der Waals surface area contributed by atoms with Crippen LogP contribution >= 0.6 is 11.6 Å². The third kappa shape index (κ3) is 3.97. The maximum atomic E-state index is 13.3. The summed E-state index contributed by atoms with van der Waals surface area (Å²) in [6.45, 7) is 2.53. The van der Waals surface area contributed by atoms with Gasteiger partial charge in [-0.15, -0.1) is 0 Å². The maximum absolute atomic E-state index is 13.3. The van der Waals surface area contributed by atoms with Crippen molar-refractivity contribution in [2.24, 2.45) is 0 Å². The molecule has 1 N–H and O–H groups in total. The molecule has 4 nitrogen and oxygen atoms in total. The summed E-state index contributed by atoms with van der Waals surface area (Å²) in [6, 6.07) is 3.30. The summed E-state index contributed by atoms with van der Waals surface area (Å²) in [5.74, 6) is -0.786. The van der Waals surface area contributed by atoms with Crippen molar-refractivity contribution in [3.8, 4) is 0 Å². The molecule has 1 heterocycles. The lowest BCUT2D eigenvalue weighted by Gasteiger charge is -2.34. The van der Waals surface area contributed by atoms with Gasteiger partial charge >= 0.3 is 0 Å². The van der Waals surface area contributed by atoms with E-state index in [0.29, 0.717) is 19.4 Å². The highest BCUT2D eigenvalue weighted by molar-refractivity contribution is 6.33. The lowest BCUT2D eigenvalue weighted by atomic mass is 10.0. The lowest BCUT2D eigenvalue weighted by Crippen LogP contribution is -2.49. The largest absolute Gasteiger partial charge is 0.331 e. The van der Waals surface area contributed by atoms with Crippen LogP contribution in [0.25, 0.3) is 0 Å². The van der Waals surface area contributed by atoms with E-state index < -0.39 is 11.9 Å². The average Bonchev–Trinajstić information content (AvgIpc) is 2.51. The predicted molar refractivity (Wildman–Crippen MR) is 84.3 cm³/mol. The first-order chi connectivity index (χ1) is 10.5. The van der Waals surface area contributed by atoms with E-state index in [1.807, 2.05) is 6.92 Å². The molecule has 0 saturated carbocycles. The number of nitrogens with one attached hydrogen (secondary N) is 1. The third-order valence-electron chi connectivity index (χ3n) is 3.78. The van der Waals surface area contributed by atoms with Crippen LogP contribution in [0.4, 0.5) is 10.1 Å². The van der Waals surface area contributed by atoms with Gasteiger partial charge in [0.15, 0.2) is 0 Å². The number of rotatable bonds is 4. The zero-order chi connectivity index (χ0) is 16.1. The van der Waals surface area contributed by atoms with Gasteiger partial charge in [0, 0.05) is 13.0 Å². The van der Waals surface area contributed by atoms with Crippen LogP contribution in [-0.4, -0.2) is 29.3 Å². The predicted octanol–water partition coefficient (Wildman–Crippen LogP) is 3.60. The minimum absolute atomic E-state index is 0.00677. The van der Waals surface area contributed by atoms with E-state index in [0.717, 1.165) is 19.3 Å². The monoisotopic (exact) mass is 326 g/mol. The smallest absolute Gasteiger partial charge is 0.247 e. The van der Waals surface area contributed by atoms with E-state index in [1.54, 1.807) is 4.90 Å². The van der Waals surface area contributed by atoms with Gasteiger partial charge in [-0.25, -0.2) is 4.39 Å². The number of anilines is 1. The number of carbonyl (C=O) groups excluding carboxylic acids is 2. The number of hydrogen-bond donors (Lipinski definition) is 1.